The van der Waals surface area contributed by atoms with E-state index < -0.39 is 35.9 Å². The molecule has 2 atom stereocenters. The van der Waals surface area contributed by atoms with Crippen molar-refractivity contribution in [3.63, 3.8) is 0 Å². The summed E-state index contributed by atoms with van der Waals surface area (Å²) in [5, 5.41) is 0.274. The van der Waals surface area contributed by atoms with E-state index in [1.807, 2.05) is 0 Å². The fraction of sp³-hybridized carbons (Fsp3) is 0.467. The summed E-state index contributed by atoms with van der Waals surface area (Å²) in [6.07, 6.45) is -2.02. The third-order valence-electron chi connectivity index (χ3n) is 7.15. The SMILES string of the molecule is COC(=O)c1ccc(C2CCCCN2C(c2c(OC)cc(C)c3c2ccn3C(=O)OC(C)(C)C)C(F)(F)F)cc1. The number of fused-ring (bicyclic) bond motifs is 1. The van der Waals surface area contributed by atoms with Crippen molar-refractivity contribution in [1.29, 1.82) is 0 Å². The number of carbonyl (C=O) groups is 2. The van der Waals surface area contributed by atoms with Crippen LogP contribution in [-0.2, 0) is 9.47 Å². The van der Waals surface area contributed by atoms with Crippen LogP contribution in [-0.4, -0.2) is 54.1 Å². The number of nitrogens with zero attached hydrogens (tertiary/aromatic N) is 2. The number of likely N-dealkylation sites (tertiary alicyclic amines) is 1. The average Bonchev–Trinajstić information content (AvgIpc) is 3.34. The maximum Gasteiger partial charge on any atom is 0.419 e. The van der Waals surface area contributed by atoms with E-state index in [0.717, 1.165) is 6.42 Å². The van der Waals surface area contributed by atoms with Gasteiger partial charge in [0, 0.05) is 23.2 Å². The maximum atomic E-state index is 15.2. The van der Waals surface area contributed by atoms with Crippen molar-refractivity contribution < 1.29 is 37.0 Å². The summed E-state index contributed by atoms with van der Waals surface area (Å²) in [5.41, 5.74) is 1.10. The molecule has 0 spiro atoms. The number of esters is 1. The number of benzene rings is 2. The van der Waals surface area contributed by atoms with Crippen molar-refractivity contribution in [2.45, 2.75) is 70.8 Å². The summed E-state index contributed by atoms with van der Waals surface area (Å²) in [4.78, 5) is 26.4. The molecule has 0 aliphatic carbocycles. The summed E-state index contributed by atoms with van der Waals surface area (Å²) in [5.74, 6) is -0.416. The molecule has 10 heteroatoms. The number of piperidine rings is 1. The first kappa shape index (κ1) is 29.5. The highest BCUT2D eigenvalue weighted by Gasteiger charge is 2.50. The molecule has 1 saturated heterocycles. The van der Waals surface area contributed by atoms with Gasteiger partial charge in [-0.2, -0.15) is 13.2 Å². The van der Waals surface area contributed by atoms with Gasteiger partial charge >= 0.3 is 18.2 Å². The summed E-state index contributed by atoms with van der Waals surface area (Å²) in [7, 11) is 2.63. The van der Waals surface area contributed by atoms with Crippen molar-refractivity contribution in [1.82, 2.24) is 9.47 Å². The van der Waals surface area contributed by atoms with E-state index in [1.54, 1.807) is 58.0 Å². The highest BCUT2D eigenvalue weighted by Crippen LogP contribution is 2.50. The van der Waals surface area contributed by atoms with Crippen LogP contribution in [0.4, 0.5) is 18.0 Å². The Kier molecular flexibility index (Phi) is 8.21. The fourth-order valence-corrected chi connectivity index (χ4v) is 5.54. The van der Waals surface area contributed by atoms with E-state index in [1.165, 1.54) is 35.9 Å². The average molecular weight is 561 g/mol. The van der Waals surface area contributed by atoms with Crippen molar-refractivity contribution in [2.75, 3.05) is 20.8 Å². The van der Waals surface area contributed by atoms with Crippen LogP contribution in [0.15, 0.2) is 42.6 Å². The van der Waals surface area contributed by atoms with Crippen molar-refractivity contribution in [3.05, 3.63) is 64.8 Å². The Morgan fingerprint density at radius 3 is 2.27 bits per heavy atom. The second-order valence-electron chi connectivity index (χ2n) is 11.0. The zero-order chi connectivity index (χ0) is 29.4. The minimum absolute atomic E-state index is 0.0454. The second kappa shape index (κ2) is 11.2. The molecule has 1 fully saturated rings. The lowest BCUT2D eigenvalue weighted by Gasteiger charge is -2.43. The Hall–Kier alpha value is -3.53. The first-order chi connectivity index (χ1) is 18.8. The Labute approximate surface area is 231 Å². The largest absolute Gasteiger partial charge is 0.496 e. The molecule has 3 aromatic rings. The van der Waals surface area contributed by atoms with Crippen LogP contribution in [0, 0.1) is 6.92 Å². The molecule has 1 aromatic heterocycles. The van der Waals surface area contributed by atoms with Gasteiger partial charge in [-0.1, -0.05) is 18.6 Å². The monoisotopic (exact) mass is 560 g/mol. The van der Waals surface area contributed by atoms with Gasteiger partial charge in [0.15, 0.2) is 0 Å². The van der Waals surface area contributed by atoms with E-state index >= 15 is 13.2 Å². The lowest BCUT2D eigenvalue weighted by molar-refractivity contribution is -0.196. The predicted octanol–water partition coefficient (Wildman–Crippen LogP) is 7.36. The molecule has 1 aliphatic rings. The van der Waals surface area contributed by atoms with Gasteiger partial charge in [-0.15, -0.1) is 0 Å². The van der Waals surface area contributed by atoms with Crippen LogP contribution in [0.3, 0.4) is 0 Å². The molecule has 0 saturated carbocycles. The molecular weight excluding hydrogens is 525 g/mol. The molecule has 2 aromatic carbocycles. The van der Waals surface area contributed by atoms with Gasteiger partial charge in [-0.25, -0.2) is 9.59 Å². The van der Waals surface area contributed by atoms with Gasteiger partial charge in [-0.05, 0) is 82.5 Å². The number of hydrogen-bond acceptors (Lipinski definition) is 6. The summed E-state index contributed by atoms with van der Waals surface area (Å²) in [6.45, 7) is 7.12. The summed E-state index contributed by atoms with van der Waals surface area (Å²) < 4.78 is 62.6. The predicted molar refractivity (Wildman–Crippen MR) is 145 cm³/mol. The molecule has 0 radical (unpaired) electrons. The first-order valence-electron chi connectivity index (χ1n) is 13.2. The quantitative estimate of drug-likeness (QED) is 0.304. The van der Waals surface area contributed by atoms with Crippen LogP contribution in [0.2, 0.25) is 0 Å². The van der Waals surface area contributed by atoms with E-state index in [0.29, 0.717) is 35.0 Å². The number of halogens is 3. The molecule has 4 rings (SSSR count). The second-order valence-corrected chi connectivity index (χ2v) is 11.0. The van der Waals surface area contributed by atoms with Gasteiger partial charge in [0.1, 0.15) is 17.4 Å². The number of ether oxygens (including phenoxy) is 3. The standard InChI is InChI=1S/C30H35F3N2O5/c1-18-17-23(38-5)24(21-14-16-35(25(18)21)28(37)40-29(2,3)4)26(30(31,32)33)34-15-8-7-9-22(34)19-10-12-20(13-11-19)27(36)39-6/h10-14,16-17,22,26H,7-9,15H2,1-6H3. The van der Waals surface area contributed by atoms with Crippen LogP contribution in [0.1, 0.15) is 79.2 Å². The lowest BCUT2D eigenvalue weighted by atomic mass is 9.89. The molecule has 1 aliphatic heterocycles. The molecule has 216 valence electrons. The molecule has 40 heavy (non-hydrogen) atoms. The van der Waals surface area contributed by atoms with Crippen molar-refractivity contribution >= 4 is 23.0 Å². The van der Waals surface area contributed by atoms with Gasteiger partial charge in [0.2, 0.25) is 0 Å². The minimum Gasteiger partial charge on any atom is -0.496 e. The fourth-order valence-electron chi connectivity index (χ4n) is 5.54. The third kappa shape index (κ3) is 5.82. The number of hydrogen-bond donors (Lipinski definition) is 0. The molecule has 0 N–H and O–H groups in total. The van der Waals surface area contributed by atoms with Crippen LogP contribution in [0.5, 0.6) is 5.75 Å². The minimum atomic E-state index is -4.66. The number of rotatable bonds is 5. The van der Waals surface area contributed by atoms with E-state index in [4.69, 9.17) is 14.2 Å². The molecule has 0 bridgehead atoms. The van der Waals surface area contributed by atoms with Gasteiger partial charge in [0.25, 0.3) is 0 Å². The van der Waals surface area contributed by atoms with Crippen LogP contribution < -0.4 is 4.74 Å². The van der Waals surface area contributed by atoms with E-state index in [-0.39, 0.29) is 23.2 Å². The summed E-state index contributed by atoms with van der Waals surface area (Å²) in [6, 6.07) is 7.01. The molecule has 7 nitrogen and oxygen atoms in total. The van der Waals surface area contributed by atoms with Gasteiger partial charge in [0.05, 0.1) is 25.3 Å². The molecular formula is C30H35F3N2O5. The lowest BCUT2D eigenvalue weighted by Crippen LogP contribution is -2.43. The number of methoxy groups -OCH3 is 2. The van der Waals surface area contributed by atoms with Crippen LogP contribution >= 0.6 is 0 Å². The first-order valence-corrected chi connectivity index (χ1v) is 13.2. The van der Waals surface area contributed by atoms with E-state index in [9.17, 15) is 9.59 Å². The Morgan fingerprint density at radius 1 is 1.02 bits per heavy atom. The molecule has 0 amide bonds. The Bertz CT molecular complexity index is 1390. The van der Waals surface area contributed by atoms with Crippen molar-refractivity contribution in [2.24, 2.45) is 0 Å². The highest BCUT2D eigenvalue weighted by molar-refractivity contribution is 5.95. The Morgan fingerprint density at radius 2 is 1.70 bits per heavy atom. The van der Waals surface area contributed by atoms with Crippen LogP contribution in [0.25, 0.3) is 10.9 Å². The normalized spacial score (nSPS) is 17.5. The zero-order valence-corrected chi connectivity index (χ0v) is 23.6. The number of alkyl halides is 3. The Balaban J connectivity index is 1.88. The van der Waals surface area contributed by atoms with E-state index in [2.05, 4.69) is 0 Å². The topological polar surface area (TPSA) is 70.0 Å². The number of carbonyl (C=O) groups excluding carboxylic acids is 2. The third-order valence-corrected chi connectivity index (χ3v) is 7.15. The van der Waals surface area contributed by atoms with Crippen molar-refractivity contribution in [3.8, 4) is 5.75 Å². The number of aromatic nitrogens is 1. The molecule has 2 heterocycles. The maximum absolute atomic E-state index is 15.2. The number of aryl methyl sites for hydroxylation is 1. The smallest absolute Gasteiger partial charge is 0.419 e. The zero-order valence-electron chi connectivity index (χ0n) is 23.6. The highest BCUT2D eigenvalue weighted by atomic mass is 19.4. The summed E-state index contributed by atoms with van der Waals surface area (Å²) >= 11 is 0. The van der Waals surface area contributed by atoms with Gasteiger partial charge < -0.3 is 14.2 Å². The van der Waals surface area contributed by atoms with Gasteiger partial charge in [-0.3, -0.25) is 9.47 Å². The molecule has 2 unspecified atom stereocenters.